The summed E-state index contributed by atoms with van der Waals surface area (Å²) in [6, 6.07) is 26.2. The average Bonchev–Trinajstić information content (AvgIpc) is 3.62. The highest BCUT2D eigenvalue weighted by atomic mass is 16.6. The maximum atomic E-state index is 10.8. The largest absolute Gasteiger partial charge is 0.487 e. The van der Waals surface area contributed by atoms with Crippen LogP contribution >= 0.6 is 0 Å². The monoisotopic (exact) mass is 414 g/mol. The van der Waals surface area contributed by atoms with E-state index in [1.54, 1.807) is 0 Å². The Balaban J connectivity index is 1.28. The number of rotatable bonds is 10. The maximum Gasteiger partial charge on any atom is 0.134 e. The smallest absolute Gasteiger partial charge is 0.134 e. The lowest BCUT2D eigenvalue weighted by molar-refractivity contribution is -0.108. The van der Waals surface area contributed by atoms with E-state index in [2.05, 4.69) is 34.7 Å². The summed E-state index contributed by atoms with van der Waals surface area (Å²) in [5.74, 6) is 1.40. The molecule has 2 atom stereocenters. The lowest BCUT2D eigenvalue weighted by Gasteiger charge is -2.10. The van der Waals surface area contributed by atoms with Crippen LogP contribution in [-0.4, -0.2) is 25.7 Å². The van der Waals surface area contributed by atoms with Gasteiger partial charge in [-0.15, -0.1) is 0 Å². The van der Waals surface area contributed by atoms with Crippen LogP contribution < -0.4 is 10.1 Å². The first-order chi connectivity index (χ1) is 15.3. The van der Waals surface area contributed by atoms with Crippen LogP contribution in [0.5, 0.6) is 5.75 Å². The first-order valence-corrected chi connectivity index (χ1v) is 10.4. The third kappa shape index (κ3) is 5.51. The fraction of sp³-hybridized carbons (Fsp3) is 0.231. The van der Waals surface area contributed by atoms with E-state index < -0.39 is 0 Å². The van der Waals surface area contributed by atoms with Crippen LogP contribution in [0.25, 0.3) is 0 Å². The lowest BCUT2D eigenvalue weighted by Crippen LogP contribution is -2.13. The van der Waals surface area contributed by atoms with E-state index in [1.165, 1.54) is 12.7 Å². The van der Waals surface area contributed by atoms with Crippen LogP contribution in [0.1, 0.15) is 29.0 Å². The molecule has 5 nitrogen and oxygen atoms in total. The highest BCUT2D eigenvalue weighted by Crippen LogP contribution is 2.46. The molecule has 0 radical (unpaired) electrons. The van der Waals surface area contributed by atoms with Gasteiger partial charge >= 0.3 is 0 Å². The highest BCUT2D eigenvalue weighted by molar-refractivity contribution is 6.01. The molecule has 0 aromatic heterocycles. The van der Waals surface area contributed by atoms with Gasteiger partial charge in [-0.25, -0.2) is 0 Å². The van der Waals surface area contributed by atoms with E-state index >= 15 is 0 Å². The molecule has 0 aliphatic heterocycles. The highest BCUT2D eigenvalue weighted by Gasteiger charge is 2.37. The lowest BCUT2D eigenvalue weighted by atomic mass is 10.1. The quantitative estimate of drug-likeness (QED) is 0.287. The second-order valence-corrected chi connectivity index (χ2v) is 7.64. The van der Waals surface area contributed by atoms with Crippen molar-refractivity contribution in [2.75, 3.05) is 19.0 Å². The molecular weight excluding hydrogens is 388 g/mol. The van der Waals surface area contributed by atoms with Crippen LogP contribution in [0.3, 0.4) is 0 Å². The van der Waals surface area contributed by atoms with Gasteiger partial charge in [0.2, 0.25) is 0 Å². The minimum Gasteiger partial charge on any atom is -0.487 e. The minimum absolute atomic E-state index is 0.212. The molecule has 0 heterocycles. The van der Waals surface area contributed by atoms with E-state index in [4.69, 9.17) is 9.57 Å². The van der Waals surface area contributed by atoms with E-state index in [0.29, 0.717) is 12.5 Å². The number of nitrogens with zero attached hydrogens (tertiary/aromatic N) is 1. The molecule has 1 aliphatic carbocycles. The van der Waals surface area contributed by atoms with Crippen LogP contribution in [0.2, 0.25) is 0 Å². The minimum atomic E-state index is 0.212. The van der Waals surface area contributed by atoms with Crippen LogP contribution in [0, 0.1) is 5.92 Å². The maximum absolute atomic E-state index is 10.8. The summed E-state index contributed by atoms with van der Waals surface area (Å²) < 4.78 is 5.90. The Morgan fingerprint density at radius 1 is 1.03 bits per heavy atom. The number of carbonyl (C=O) groups excluding carboxylic acids is 1. The van der Waals surface area contributed by atoms with E-state index in [0.717, 1.165) is 47.5 Å². The first-order valence-electron chi connectivity index (χ1n) is 10.4. The molecular formula is C26H26N2O3. The zero-order valence-electron chi connectivity index (χ0n) is 17.5. The van der Waals surface area contributed by atoms with Crippen LogP contribution in [0.15, 0.2) is 84.0 Å². The summed E-state index contributed by atoms with van der Waals surface area (Å²) in [6.07, 6.45) is 2.05. The van der Waals surface area contributed by atoms with Crippen molar-refractivity contribution in [3.05, 3.63) is 95.6 Å². The molecule has 0 saturated heterocycles. The van der Waals surface area contributed by atoms with Crippen molar-refractivity contribution in [1.82, 2.24) is 0 Å². The normalized spacial score (nSPS) is 17.6. The Bertz CT molecular complexity index is 1010. The van der Waals surface area contributed by atoms with Crippen molar-refractivity contribution in [2.45, 2.75) is 18.9 Å². The fourth-order valence-electron chi connectivity index (χ4n) is 3.56. The topological polar surface area (TPSA) is 59.9 Å². The molecule has 1 N–H and O–H groups in total. The van der Waals surface area contributed by atoms with Gasteiger partial charge in [0.25, 0.3) is 0 Å². The van der Waals surface area contributed by atoms with Gasteiger partial charge in [-0.05, 0) is 47.7 Å². The van der Waals surface area contributed by atoms with E-state index in [1.807, 2.05) is 54.6 Å². The second kappa shape index (κ2) is 9.94. The van der Waals surface area contributed by atoms with Crippen molar-refractivity contribution >= 4 is 17.7 Å². The number of benzene rings is 3. The summed E-state index contributed by atoms with van der Waals surface area (Å²) in [4.78, 5) is 15.8. The summed E-state index contributed by atoms with van der Waals surface area (Å²) in [5.41, 5.74) is 5.18. The number of anilines is 1. The Hall–Kier alpha value is -3.60. The molecule has 158 valence electrons. The van der Waals surface area contributed by atoms with Gasteiger partial charge in [0, 0.05) is 23.7 Å². The van der Waals surface area contributed by atoms with Crippen molar-refractivity contribution < 1.29 is 14.4 Å². The van der Waals surface area contributed by atoms with Gasteiger partial charge in [0.15, 0.2) is 0 Å². The van der Waals surface area contributed by atoms with Crippen molar-refractivity contribution in [3.63, 3.8) is 0 Å². The average molecular weight is 415 g/mol. The van der Waals surface area contributed by atoms with Gasteiger partial charge in [-0.3, -0.25) is 0 Å². The summed E-state index contributed by atoms with van der Waals surface area (Å²) in [5, 5.41) is 7.52. The van der Waals surface area contributed by atoms with Crippen LogP contribution in [-0.2, 0) is 16.2 Å². The second-order valence-electron chi connectivity index (χ2n) is 7.64. The Kier molecular flexibility index (Phi) is 6.62. The molecule has 3 aromatic rings. The molecule has 0 amide bonds. The van der Waals surface area contributed by atoms with Gasteiger partial charge in [-0.1, -0.05) is 59.8 Å². The predicted octanol–water partition coefficient (Wildman–Crippen LogP) is 5.03. The number of hydrogen-bond donors (Lipinski definition) is 1. The van der Waals surface area contributed by atoms with E-state index in [9.17, 15) is 4.79 Å². The standard InChI is InChI=1S/C26H26N2O3/c1-30-28-26(21-5-3-2-4-6-21)18-31-24-13-7-19(8-14-24)16-27-23-11-9-20(10-12-23)25-15-22(25)17-29/h2-14,17,22,25,27H,15-16,18H2,1H3/b28-26-/t22-,25-/m0/s1. The van der Waals surface area contributed by atoms with Gasteiger partial charge in [-0.2, -0.15) is 0 Å². The number of hydrogen-bond acceptors (Lipinski definition) is 5. The molecule has 1 fully saturated rings. The van der Waals surface area contributed by atoms with Gasteiger partial charge < -0.3 is 19.7 Å². The predicted molar refractivity (Wildman–Crippen MR) is 123 cm³/mol. The zero-order valence-corrected chi connectivity index (χ0v) is 17.5. The Morgan fingerprint density at radius 3 is 2.42 bits per heavy atom. The molecule has 0 bridgehead atoms. The number of aldehydes is 1. The number of carbonyl (C=O) groups is 1. The van der Waals surface area contributed by atoms with Gasteiger partial charge in [0.05, 0.1) is 0 Å². The molecule has 4 rings (SSSR count). The van der Waals surface area contributed by atoms with Crippen LogP contribution in [0.4, 0.5) is 5.69 Å². The van der Waals surface area contributed by atoms with Crippen molar-refractivity contribution in [1.29, 1.82) is 0 Å². The molecule has 0 unspecified atom stereocenters. The fourth-order valence-corrected chi connectivity index (χ4v) is 3.56. The molecule has 0 spiro atoms. The zero-order chi connectivity index (χ0) is 21.5. The molecule has 5 heteroatoms. The van der Waals surface area contributed by atoms with Crippen molar-refractivity contribution in [2.24, 2.45) is 11.1 Å². The summed E-state index contributed by atoms with van der Waals surface area (Å²) in [7, 11) is 1.53. The molecule has 3 aromatic carbocycles. The number of oxime groups is 1. The molecule has 31 heavy (non-hydrogen) atoms. The molecule has 1 aliphatic rings. The van der Waals surface area contributed by atoms with E-state index in [-0.39, 0.29) is 5.92 Å². The van der Waals surface area contributed by atoms with Gasteiger partial charge in [0.1, 0.15) is 31.5 Å². The Labute approximate surface area is 182 Å². The third-order valence-electron chi connectivity index (χ3n) is 5.46. The van der Waals surface area contributed by atoms with Crippen molar-refractivity contribution in [3.8, 4) is 5.75 Å². The molecule has 1 saturated carbocycles. The third-order valence-corrected chi connectivity index (χ3v) is 5.46. The SMILES string of the molecule is CO/N=C(/COc1ccc(CNc2ccc([C@@H]3C[C@H]3C=O)cc2)cc1)c1ccccc1. The summed E-state index contributed by atoms with van der Waals surface area (Å²) in [6.45, 7) is 1.05. The first kappa shape index (κ1) is 20.7. The number of ether oxygens (including phenoxy) is 1. The number of nitrogens with one attached hydrogen (secondary N) is 1. The Morgan fingerprint density at radius 2 is 1.77 bits per heavy atom. The summed E-state index contributed by atoms with van der Waals surface area (Å²) >= 11 is 0.